The van der Waals surface area contributed by atoms with E-state index in [0.29, 0.717) is 6.42 Å². The summed E-state index contributed by atoms with van der Waals surface area (Å²) in [7, 11) is 1.40. The summed E-state index contributed by atoms with van der Waals surface area (Å²) < 4.78 is 23.3. The van der Waals surface area contributed by atoms with E-state index < -0.39 is 34.1 Å². The van der Waals surface area contributed by atoms with Crippen LogP contribution in [0.25, 0.3) is 0 Å². The van der Waals surface area contributed by atoms with Crippen molar-refractivity contribution in [2.24, 2.45) is 28.1 Å². The lowest BCUT2D eigenvalue weighted by Gasteiger charge is -2.71. The van der Waals surface area contributed by atoms with Gasteiger partial charge in [0.05, 0.1) is 38.3 Å². The molecule has 1 N–H and O–H groups in total. The fourth-order valence-electron chi connectivity index (χ4n) is 8.07. The van der Waals surface area contributed by atoms with Crippen molar-refractivity contribution in [2.75, 3.05) is 7.11 Å². The number of fused-ring (bicyclic) bond motifs is 3. The fourth-order valence-corrected chi connectivity index (χ4v) is 8.07. The first kappa shape index (κ1) is 23.6. The van der Waals surface area contributed by atoms with Crippen molar-refractivity contribution in [1.29, 1.82) is 0 Å². The van der Waals surface area contributed by atoms with E-state index >= 15 is 0 Å². The molecule has 1 spiro atoms. The summed E-state index contributed by atoms with van der Waals surface area (Å²) in [4.78, 5) is 25.5. The Kier molecular flexibility index (Phi) is 5.17. The zero-order chi connectivity index (χ0) is 24.7. The summed E-state index contributed by atoms with van der Waals surface area (Å²) in [5.41, 5.74) is -0.672. The van der Waals surface area contributed by atoms with Crippen LogP contribution in [0.2, 0.25) is 0 Å². The van der Waals surface area contributed by atoms with E-state index in [0.717, 1.165) is 24.0 Å². The molecule has 4 fully saturated rings. The van der Waals surface area contributed by atoms with Gasteiger partial charge < -0.3 is 23.7 Å². The van der Waals surface area contributed by atoms with E-state index in [2.05, 4.69) is 20.4 Å². The number of methoxy groups -OCH3 is 1. The minimum Gasteiger partial charge on any atom is -0.472 e. The SMILES string of the molecule is C=C1[C@@H]2CC[C@@]3(C)[C@H](c4ccoc4)OC(=O)C[C@]13O[C@H]1C[C@@H](O)C(C)(C)[C@H](CC(=O)OC)[C@]12C. The number of aliphatic hydroxyl groups is 1. The number of ether oxygens (including phenoxy) is 3. The predicted octanol–water partition coefficient (Wildman–Crippen LogP) is 4.35. The largest absolute Gasteiger partial charge is 0.472 e. The number of furan rings is 1. The van der Waals surface area contributed by atoms with Gasteiger partial charge in [-0.25, -0.2) is 0 Å². The normalized spacial score (nSPS) is 45.1. The van der Waals surface area contributed by atoms with Crippen molar-refractivity contribution in [1.82, 2.24) is 0 Å². The van der Waals surface area contributed by atoms with Gasteiger partial charge in [-0.3, -0.25) is 9.59 Å². The number of carbonyl (C=O) groups is 2. The molecule has 2 saturated heterocycles. The highest BCUT2D eigenvalue weighted by Crippen LogP contribution is 2.72. The molecule has 1 aromatic rings. The molecule has 0 radical (unpaired) electrons. The molecule has 2 saturated carbocycles. The number of esters is 2. The van der Waals surface area contributed by atoms with Crippen molar-refractivity contribution in [3.05, 3.63) is 36.3 Å². The minimum atomic E-state index is -0.908. The van der Waals surface area contributed by atoms with Crippen LogP contribution < -0.4 is 0 Å². The monoisotopic (exact) mass is 472 g/mol. The minimum absolute atomic E-state index is 0.0386. The molecule has 7 heteroatoms. The Morgan fingerprint density at radius 2 is 2.03 bits per heavy atom. The molecule has 2 aliphatic carbocycles. The van der Waals surface area contributed by atoms with Gasteiger partial charge in [-0.2, -0.15) is 0 Å². The van der Waals surface area contributed by atoms with Crippen LogP contribution in [0.4, 0.5) is 0 Å². The highest BCUT2D eigenvalue weighted by atomic mass is 16.6. The Morgan fingerprint density at radius 1 is 1.29 bits per heavy atom. The molecule has 186 valence electrons. The third kappa shape index (κ3) is 2.83. The first-order chi connectivity index (χ1) is 15.9. The Labute approximate surface area is 200 Å². The number of hydrogen-bond acceptors (Lipinski definition) is 7. The van der Waals surface area contributed by atoms with Gasteiger partial charge >= 0.3 is 11.9 Å². The Hall–Kier alpha value is -2.12. The molecular weight excluding hydrogens is 436 g/mol. The maximum absolute atomic E-state index is 13.0. The van der Waals surface area contributed by atoms with Gasteiger partial charge in [0.2, 0.25) is 0 Å². The smallest absolute Gasteiger partial charge is 0.309 e. The summed E-state index contributed by atoms with van der Waals surface area (Å²) in [6, 6.07) is 1.84. The quantitative estimate of drug-likeness (QED) is 0.516. The number of carbonyl (C=O) groups excluding carboxylic acids is 2. The number of cyclic esters (lactones) is 1. The first-order valence-electron chi connectivity index (χ1n) is 12.3. The molecule has 1 aromatic heterocycles. The van der Waals surface area contributed by atoms with Gasteiger partial charge in [0.25, 0.3) is 0 Å². The van der Waals surface area contributed by atoms with Crippen LogP contribution in [0.15, 0.2) is 35.2 Å². The first-order valence-corrected chi connectivity index (χ1v) is 12.3. The number of hydrogen-bond donors (Lipinski definition) is 1. The lowest BCUT2D eigenvalue weighted by atomic mass is 9.41. The van der Waals surface area contributed by atoms with Gasteiger partial charge in [-0.15, -0.1) is 0 Å². The van der Waals surface area contributed by atoms with Gasteiger partial charge in [0.1, 0.15) is 11.7 Å². The summed E-state index contributed by atoms with van der Waals surface area (Å²) in [5.74, 6) is -0.752. The second-order valence-electron chi connectivity index (χ2n) is 11.8. The van der Waals surface area contributed by atoms with Crippen LogP contribution in [0.5, 0.6) is 0 Å². The van der Waals surface area contributed by atoms with Crippen LogP contribution in [0.1, 0.15) is 71.5 Å². The topological polar surface area (TPSA) is 95.2 Å². The molecule has 2 aliphatic heterocycles. The summed E-state index contributed by atoms with van der Waals surface area (Å²) >= 11 is 0. The average molecular weight is 473 g/mol. The van der Waals surface area contributed by atoms with E-state index in [-0.39, 0.29) is 42.7 Å². The van der Waals surface area contributed by atoms with Crippen LogP contribution in [-0.2, 0) is 23.8 Å². The maximum atomic E-state index is 13.0. The Morgan fingerprint density at radius 3 is 2.68 bits per heavy atom. The van der Waals surface area contributed by atoms with Crippen LogP contribution >= 0.6 is 0 Å². The summed E-state index contributed by atoms with van der Waals surface area (Å²) in [5, 5.41) is 11.2. The highest BCUT2D eigenvalue weighted by molar-refractivity contribution is 5.74. The van der Waals surface area contributed by atoms with Crippen molar-refractivity contribution in [3.8, 4) is 0 Å². The molecule has 34 heavy (non-hydrogen) atoms. The van der Waals surface area contributed by atoms with Crippen LogP contribution in [-0.4, -0.2) is 42.0 Å². The molecule has 0 unspecified atom stereocenters. The second kappa shape index (κ2) is 7.44. The molecule has 7 nitrogen and oxygen atoms in total. The Balaban J connectivity index is 1.62. The predicted molar refractivity (Wildman–Crippen MR) is 122 cm³/mol. The molecule has 3 heterocycles. The van der Waals surface area contributed by atoms with Gasteiger partial charge in [0.15, 0.2) is 0 Å². The standard InChI is InChI=1S/C27H36O7/c1-15-17-7-9-25(4)23(16-8-10-32-14-16)33-22(30)13-27(15,25)34-20-12-19(28)24(2,3)18(26(17,20)5)11-21(29)31-6/h8,10,14,17-20,23,28H,1,7,9,11-13H2,2-6H3/t17-,18-,19+,20-,23-,25-,26+,27-/m0/s1. The number of aliphatic hydroxyl groups excluding tert-OH is 1. The zero-order valence-electron chi connectivity index (χ0n) is 20.8. The maximum Gasteiger partial charge on any atom is 0.309 e. The highest BCUT2D eigenvalue weighted by Gasteiger charge is 2.73. The molecule has 0 amide bonds. The molecular formula is C27H36O7. The van der Waals surface area contributed by atoms with Gasteiger partial charge in [0, 0.05) is 29.2 Å². The third-order valence-electron chi connectivity index (χ3n) is 10.2. The molecule has 0 aromatic carbocycles. The zero-order valence-corrected chi connectivity index (χ0v) is 20.8. The molecule has 4 aliphatic rings. The fraction of sp³-hybridized carbons (Fsp3) is 0.704. The van der Waals surface area contributed by atoms with Crippen molar-refractivity contribution in [2.45, 2.75) is 83.7 Å². The van der Waals surface area contributed by atoms with Crippen molar-refractivity contribution >= 4 is 11.9 Å². The Bertz CT molecular complexity index is 1010. The van der Waals surface area contributed by atoms with E-state index in [4.69, 9.17) is 18.6 Å². The lowest BCUT2D eigenvalue weighted by Crippen LogP contribution is -2.73. The average Bonchev–Trinajstić information content (AvgIpc) is 3.30. The van der Waals surface area contributed by atoms with Gasteiger partial charge in [-0.1, -0.05) is 34.3 Å². The molecule has 5 rings (SSSR count). The van der Waals surface area contributed by atoms with E-state index in [1.807, 2.05) is 19.9 Å². The van der Waals surface area contributed by atoms with Gasteiger partial charge in [-0.05, 0) is 41.7 Å². The second-order valence-corrected chi connectivity index (χ2v) is 11.8. The van der Waals surface area contributed by atoms with Crippen LogP contribution in [0.3, 0.4) is 0 Å². The molecule has 2 bridgehead atoms. The summed E-state index contributed by atoms with van der Waals surface area (Å²) in [6.07, 6.45) is 4.06. The third-order valence-corrected chi connectivity index (χ3v) is 10.2. The number of rotatable bonds is 3. The lowest BCUT2D eigenvalue weighted by molar-refractivity contribution is -0.314. The van der Waals surface area contributed by atoms with E-state index in [9.17, 15) is 14.7 Å². The van der Waals surface area contributed by atoms with Crippen molar-refractivity contribution < 1.29 is 33.3 Å². The molecule has 8 atom stereocenters. The van der Waals surface area contributed by atoms with E-state index in [1.165, 1.54) is 7.11 Å². The van der Waals surface area contributed by atoms with Crippen LogP contribution in [0, 0.1) is 28.1 Å². The van der Waals surface area contributed by atoms with Crippen molar-refractivity contribution in [3.63, 3.8) is 0 Å². The summed E-state index contributed by atoms with van der Waals surface area (Å²) in [6.45, 7) is 12.9. The van der Waals surface area contributed by atoms with E-state index in [1.54, 1.807) is 12.5 Å².